The maximum atomic E-state index is 10.3. The van der Waals surface area contributed by atoms with Gasteiger partial charge in [0.25, 0.3) is 0 Å². The molecule has 0 spiro atoms. The molecule has 0 heterocycles. The second-order valence-corrected chi connectivity index (χ2v) is 1.33. The number of hydrogen-bond acceptors (Lipinski definition) is 2. The van der Waals surface area contributed by atoms with Crippen LogP contribution in [-0.2, 0) is 4.79 Å². The molecule has 9 heavy (non-hydrogen) atoms. The summed E-state index contributed by atoms with van der Waals surface area (Å²) in [7, 11) is 0. The van der Waals surface area contributed by atoms with Crippen molar-refractivity contribution in [3.8, 4) is 0 Å². The number of hydrogen-bond donors (Lipinski definition) is 2. The summed E-state index contributed by atoms with van der Waals surface area (Å²) < 4.78 is 0. The Bertz CT molecular complexity index is 129. The highest BCUT2D eigenvalue weighted by Crippen LogP contribution is 1.67. The van der Waals surface area contributed by atoms with Gasteiger partial charge in [0.1, 0.15) is 0 Å². The highest BCUT2D eigenvalue weighted by molar-refractivity contribution is 5.86. The second kappa shape index (κ2) is 4.90. The Balaban J connectivity index is 3.27. The minimum Gasteiger partial charge on any atom is -0.516 e. The molecule has 0 fully saturated rings. The maximum absolute atomic E-state index is 10.3. The molecule has 50 valence electrons. The van der Waals surface area contributed by atoms with Crippen LogP contribution in [-0.4, -0.2) is 17.6 Å². The van der Waals surface area contributed by atoms with Crippen LogP contribution in [0.15, 0.2) is 25.0 Å². The second-order valence-electron chi connectivity index (χ2n) is 1.33. The third kappa shape index (κ3) is 4.61. The molecule has 3 heteroatoms. The smallest absolute Gasteiger partial charge is 0.243 e. The summed E-state index contributed by atoms with van der Waals surface area (Å²) in [6, 6.07) is 0. The lowest BCUT2D eigenvalue weighted by Gasteiger charge is -1.92. The maximum Gasteiger partial charge on any atom is 0.243 e. The van der Waals surface area contributed by atoms with Crippen molar-refractivity contribution >= 4 is 5.91 Å². The van der Waals surface area contributed by atoms with Crippen molar-refractivity contribution in [2.24, 2.45) is 0 Å². The van der Waals surface area contributed by atoms with Crippen molar-refractivity contribution in [1.29, 1.82) is 0 Å². The van der Waals surface area contributed by atoms with Gasteiger partial charge in [-0.25, -0.2) is 0 Å². The SMILES string of the molecule is C=CC(=O)NC/C=C/O. The largest absolute Gasteiger partial charge is 0.516 e. The zero-order chi connectivity index (χ0) is 7.11. The Labute approximate surface area is 53.7 Å². The van der Waals surface area contributed by atoms with E-state index in [1.165, 1.54) is 12.2 Å². The molecule has 0 rings (SSSR count). The highest BCUT2D eigenvalue weighted by atomic mass is 16.2. The standard InChI is InChI=1S/C6H9NO2/c1-2-6(9)7-4-3-5-8/h2-3,5,8H,1,4H2,(H,7,9)/b5-3+. The summed E-state index contributed by atoms with van der Waals surface area (Å²) in [5, 5.41) is 10.5. The number of rotatable bonds is 3. The van der Waals surface area contributed by atoms with Gasteiger partial charge in [0, 0.05) is 6.54 Å². The molecule has 2 N–H and O–H groups in total. The van der Waals surface area contributed by atoms with Gasteiger partial charge in [0.2, 0.25) is 5.91 Å². The average Bonchev–Trinajstić information content (AvgIpc) is 1.89. The fourth-order valence-corrected chi connectivity index (χ4v) is 0.284. The number of carbonyl (C=O) groups excluding carboxylic acids is 1. The molecule has 0 aromatic rings. The Morgan fingerprint density at radius 2 is 2.44 bits per heavy atom. The highest BCUT2D eigenvalue weighted by Gasteiger charge is 1.86. The van der Waals surface area contributed by atoms with Crippen LogP contribution in [0.25, 0.3) is 0 Å². The molecular formula is C6H9NO2. The fourth-order valence-electron chi connectivity index (χ4n) is 0.284. The zero-order valence-electron chi connectivity index (χ0n) is 5.00. The molecule has 0 aliphatic carbocycles. The summed E-state index contributed by atoms with van der Waals surface area (Å²) in [6.07, 6.45) is 3.47. The van der Waals surface area contributed by atoms with E-state index in [9.17, 15) is 4.79 Å². The average molecular weight is 127 g/mol. The van der Waals surface area contributed by atoms with Crippen molar-refractivity contribution in [2.75, 3.05) is 6.54 Å². The van der Waals surface area contributed by atoms with E-state index >= 15 is 0 Å². The van der Waals surface area contributed by atoms with Gasteiger partial charge in [-0.2, -0.15) is 0 Å². The molecule has 0 atom stereocenters. The van der Waals surface area contributed by atoms with Gasteiger partial charge in [0.05, 0.1) is 6.26 Å². The van der Waals surface area contributed by atoms with Crippen LogP contribution in [0.1, 0.15) is 0 Å². The fraction of sp³-hybridized carbons (Fsp3) is 0.167. The van der Waals surface area contributed by atoms with E-state index in [0.29, 0.717) is 6.54 Å². The summed E-state index contributed by atoms with van der Waals surface area (Å²) >= 11 is 0. The topological polar surface area (TPSA) is 49.3 Å². The molecule has 0 saturated carbocycles. The van der Waals surface area contributed by atoms with E-state index in [1.807, 2.05) is 0 Å². The molecule has 0 bridgehead atoms. The Hall–Kier alpha value is -1.25. The van der Waals surface area contributed by atoms with Gasteiger partial charge in [-0.3, -0.25) is 4.79 Å². The Kier molecular flexibility index (Phi) is 4.22. The summed E-state index contributed by atoms with van der Waals surface area (Å²) in [5.41, 5.74) is 0. The first-order valence-corrected chi connectivity index (χ1v) is 2.50. The van der Waals surface area contributed by atoms with Crippen LogP contribution in [0.3, 0.4) is 0 Å². The minimum absolute atomic E-state index is 0.242. The molecule has 0 aromatic carbocycles. The van der Waals surface area contributed by atoms with Crippen LogP contribution >= 0.6 is 0 Å². The number of aliphatic hydroxyl groups is 1. The first kappa shape index (κ1) is 7.75. The van der Waals surface area contributed by atoms with Crippen LogP contribution in [0, 0.1) is 0 Å². The monoisotopic (exact) mass is 127 g/mol. The van der Waals surface area contributed by atoms with E-state index in [2.05, 4.69) is 11.9 Å². The van der Waals surface area contributed by atoms with E-state index in [1.54, 1.807) is 0 Å². The lowest BCUT2D eigenvalue weighted by molar-refractivity contribution is -0.116. The van der Waals surface area contributed by atoms with Crippen LogP contribution in [0.2, 0.25) is 0 Å². The van der Waals surface area contributed by atoms with Gasteiger partial charge in [-0.15, -0.1) is 0 Å². The molecule has 0 unspecified atom stereocenters. The van der Waals surface area contributed by atoms with E-state index in [0.717, 1.165) is 6.26 Å². The molecule has 1 amide bonds. The van der Waals surface area contributed by atoms with E-state index < -0.39 is 0 Å². The van der Waals surface area contributed by atoms with Gasteiger partial charge >= 0.3 is 0 Å². The summed E-state index contributed by atoms with van der Waals surface area (Å²) in [5.74, 6) is -0.242. The number of nitrogens with one attached hydrogen (secondary N) is 1. The molecule has 0 aliphatic rings. The molecule has 0 aromatic heterocycles. The Morgan fingerprint density at radius 3 is 2.89 bits per heavy atom. The minimum atomic E-state index is -0.242. The van der Waals surface area contributed by atoms with E-state index in [-0.39, 0.29) is 5.91 Å². The summed E-state index contributed by atoms with van der Waals surface area (Å²) in [6.45, 7) is 3.58. The quantitative estimate of drug-likeness (QED) is 0.425. The predicted molar refractivity (Wildman–Crippen MR) is 35.0 cm³/mol. The summed E-state index contributed by atoms with van der Waals surface area (Å²) in [4.78, 5) is 10.3. The van der Waals surface area contributed by atoms with Crippen LogP contribution < -0.4 is 5.32 Å². The first-order chi connectivity index (χ1) is 4.31. The lowest BCUT2D eigenvalue weighted by atomic mass is 10.5. The first-order valence-electron chi connectivity index (χ1n) is 2.50. The van der Waals surface area contributed by atoms with E-state index in [4.69, 9.17) is 5.11 Å². The third-order valence-corrected chi connectivity index (χ3v) is 0.685. The molecule has 0 radical (unpaired) electrons. The molecule has 0 aliphatic heterocycles. The van der Waals surface area contributed by atoms with Gasteiger partial charge in [0.15, 0.2) is 0 Å². The number of carbonyl (C=O) groups is 1. The van der Waals surface area contributed by atoms with Crippen molar-refractivity contribution in [1.82, 2.24) is 5.32 Å². The van der Waals surface area contributed by atoms with Crippen molar-refractivity contribution < 1.29 is 9.90 Å². The van der Waals surface area contributed by atoms with Crippen molar-refractivity contribution in [3.05, 3.63) is 25.0 Å². The normalized spacial score (nSPS) is 9.33. The number of aliphatic hydroxyl groups excluding tert-OH is 1. The van der Waals surface area contributed by atoms with Gasteiger partial charge in [-0.1, -0.05) is 6.58 Å². The van der Waals surface area contributed by atoms with Crippen molar-refractivity contribution in [2.45, 2.75) is 0 Å². The number of amides is 1. The predicted octanol–water partition coefficient (Wildman–Crippen LogP) is 0.360. The molecule has 3 nitrogen and oxygen atoms in total. The van der Waals surface area contributed by atoms with Crippen LogP contribution in [0.5, 0.6) is 0 Å². The lowest BCUT2D eigenvalue weighted by Crippen LogP contribution is -2.20. The molecular weight excluding hydrogens is 118 g/mol. The zero-order valence-corrected chi connectivity index (χ0v) is 5.00. The Morgan fingerprint density at radius 1 is 1.78 bits per heavy atom. The third-order valence-electron chi connectivity index (χ3n) is 0.685. The molecule has 0 saturated heterocycles. The van der Waals surface area contributed by atoms with Crippen LogP contribution in [0.4, 0.5) is 0 Å². The van der Waals surface area contributed by atoms with Gasteiger partial charge < -0.3 is 10.4 Å². The van der Waals surface area contributed by atoms with Gasteiger partial charge in [-0.05, 0) is 12.2 Å². The van der Waals surface area contributed by atoms with Crippen molar-refractivity contribution in [3.63, 3.8) is 0 Å².